The number of fused-ring (bicyclic) bond motifs is 1. The van der Waals surface area contributed by atoms with Crippen molar-refractivity contribution in [3.05, 3.63) is 30.0 Å². The number of nitrogens with zero attached hydrogens (tertiary/aromatic N) is 2. The molecule has 0 radical (unpaired) electrons. The summed E-state index contributed by atoms with van der Waals surface area (Å²) in [5, 5.41) is 0. The second-order valence-electron chi connectivity index (χ2n) is 3.93. The van der Waals surface area contributed by atoms with E-state index in [2.05, 4.69) is 15.4 Å². The Morgan fingerprint density at radius 1 is 1.28 bits per heavy atom. The Morgan fingerprint density at radius 2 is 2.06 bits per heavy atom. The van der Waals surface area contributed by atoms with Crippen molar-refractivity contribution in [2.75, 3.05) is 12.2 Å². The fourth-order valence-electron chi connectivity index (χ4n) is 1.90. The van der Waals surface area contributed by atoms with Gasteiger partial charge in [0.15, 0.2) is 11.5 Å². The van der Waals surface area contributed by atoms with E-state index in [0.29, 0.717) is 5.95 Å². The first kappa shape index (κ1) is 10.8. The van der Waals surface area contributed by atoms with Gasteiger partial charge in [-0.2, -0.15) is 0 Å². The normalized spacial score (nSPS) is 12.6. The number of hydrogen-bond acceptors (Lipinski definition) is 6. The third kappa shape index (κ3) is 1.72. The maximum atomic E-state index is 5.37. The molecule has 3 N–H and O–H groups in total. The van der Waals surface area contributed by atoms with E-state index >= 15 is 0 Å². The van der Waals surface area contributed by atoms with Crippen LogP contribution in [0.4, 0.5) is 5.95 Å². The van der Waals surface area contributed by atoms with Gasteiger partial charge < -0.3 is 9.47 Å². The Kier molecular flexibility index (Phi) is 2.49. The summed E-state index contributed by atoms with van der Waals surface area (Å²) in [6, 6.07) is 5.68. The Hall–Kier alpha value is -2.34. The van der Waals surface area contributed by atoms with Crippen molar-refractivity contribution >= 4 is 5.95 Å². The van der Waals surface area contributed by atoms with Crippen molar-refractivity contribution in [1.29, 1.82) is 0 Å². The second kappa shape index (κ2) is 4.15. The number of benzene rings is 1. The fourth-order valence-corrected chi connectivity index (χ4v) is 1.90. The number of nitrogen functional groups attached to an aromatic ring is 1. The van der Waals surface area contributed by atoms with Crippen LogP contribution in [0.15, 0.2) is 24.4 Å². The Labute approximate surface area is 104 Å². The standard InChI is InChI=1S/C12H12N4O2/c1-7-4-10-11(18-6-17-10)5-8(7)9-2-3-14-12(15-9)16-13/h2-5H,6,13H2,1H3,(H,14,15,16). The van der Waals surface area contributed by atoms with Crippen molar-refractivity contribution in [2.24, 2.45) is 5.84 Å². The maximum absolute atomic E-state index is 5.37. The Bertz CT molecular complexity index is 601. The second-order valence-corrected chi connectivity index (χ2v) is 3.93. The van der Waals surface area contributed by atoms with Crippen LogP contribution in [-0.2, 0) is 0 Å². The number of anilines is 1. The van der Waals surface area contributed by atoms with Gasteiger partial charge in [0.05, 0.1) is 5.69 Å². The highest BCUT2D eigenvalue weighted by atomic mass is 16.7. The smallest absolute Gasteiger partial charge is 0.237 e. The van der Waals surface area contributed by atoms with E-state index in [4.69, 9.17) is 15.3 Å². The van der Waals surface area contributed by atoms with Gasteiger partial charge in [-0.15, -0.1) is 0 Å². The molecule has 0 spiro atoms. The highest BCUT2D eigenvalue weighted by Crippen LogP contribution is 2.37. The van der Waals surface area contributed by atoms with E-state index < -0.39 is 0 Å². The molecule has 0 atom stereocenters. The minimum Gasteiger partial charge on any atom is -0.454 e. The zero-order chi connectivity index (χ0) is 12.5. The van der Waals surface area contributed by atoms with Crippen LogP contribution in [0.3, 0.4) is 0 Å². The lowest BCUT2D eigenvalue weighted by Crippen LogP contribution is -2.10. The molecular formula is C12H12N4O2. The van der Waals surface area contributed by atoms with Crippen LogP contribution in [0.25, 0.3) is 11.3 Å². The summed E-state index contributed by atoms with van der Waals surface area (Å²) in [4.78, 5) is 8.29. The summed E-state index contributed by atoms with van der Waals surface area (Å²) in [6.45, 7) is 2.26. The molecule has 0 saturated heterocycles. The van der Waals surface area contributed by atoms with Gasteiger partial charge in [-0.05, 0) is 30.7 Å². The number of rotatable bonds is 2. The predicted molar refractivity (Wildman–Crippen MR) is 66.1 cm³/mol. The third-order valence-electron chi connectivity index (χ3n) is 2.78. The monoisotopic (exact) mass is 244 g/mol. The number of hydrazine groups is 1. The van der Waals surface area contributed by atoms with E-state index in [1.807, 2.05) is 25.1 Å². The Morgan fingerprint density at radius 3 is 2.83 bits per heavy atom. The predicted octanol–water partition coefficient (Wildman–Crippen LogP) is 1.47. The summed E-state index contributed by atoms with van der Waals surface area (Å²) < 4.78 is 10.7. The van der Waals surface area contributed by atoms with Gasteiger partial charge in [-0.3, -0.25) is 5.43 Å². The summed E-state index contributed by atoms with van der Waals surface area (Å²) >= 11 is 0. The average Bonchev–Trinajstić information content (AvgIpc) is 2.85. The van der Waals surface area contributed by atoms with E-state index in [1.54, 1.807) is 6.20 Å². The first-order chi connectivity index (χ1) is 8.78. The molecule has 18 heavy (non-hydrogen) atoms. The molecule has 3 rings (SSSR count). The first-order valence-corrected chi connectivity index (χ1v) is 5.48. The zero-order valence-electron chi connectivity index (χ0n) is 9.80. The zero-order valence-corrected chi connectivity index (χ0v) is 9.80. The molecule has 1 aromatic heterocycles. The number of nitrogens with one attached hydrogen (secondary N) is 1. The average molecular weight is 244 g/mol. The van der Waals surface area contributed by atoms with E-state index in [9.17, 15) is 0 Å². The van der Waals surface area contributed by atoms with Gasteiger partial charge in [-0.25, -0.2) is 15.8 Å². The SMILES string of the molecule is Cc1cc2c(cc1-c1ccnc(NN)n1)OCO2. The van der Waals surface area contributed by atoms with Crippen molar-refractivity contribution in [2.45, 2.75) is 6.92 Å². The molecule has 6 nitrogen and oxygen atoms in total. The van der Waals surface area contributed by atoms with E-state index in [1.165, 1.54) is 0 Å². The maximum Gasteiger partial charge on any atom is 0.237 e. The summed E-state index contributed by atoms with van der Waals surface area (Å²) in [6.07, 6.45) is 1.65. The van der Waals surface area contributed by atoms with Crippen molar-refractivity contribution in [3.63, 3.8) is 0 Å². The van der Waals surface area contributed by atoms with Gasteiger partial charge in [0.25, 0.3) is 0 Å². The number of aromatic nitrogens is 2. The lowest BCUT2D eigenvalue weighted by atomic mass is 10.0. The van der Waals surface area contributed by atoms with Crippen molar-refractivity contribution in [3.8, 4) is 22.8 Å². The van der Waals surface area contributed by atoms with Gasteiger partial charge in [-0.1, -0.05) is 0 Å². The molecule has 0 saturated carbocycles. The van der Waals surface area contributed by atoms with Crippen LogP contribution in [0, 0.1) is 6.92 Å². The summed E-state index contributed by atoms with van der Waals surface area (Å²) in [5.41, 5.74) is 5.24. The van der Waals surface area contributed by atoms with Crippen molar-refractivity contribution in [1.82, 2.24) is 9.97 Å². The largest absolute Gasteiger partial charge is 0.454 e. The Balaban J connectivity index is 2.10. The highest BCUT2D eigenvalue weighted by Gasteiger charge is 2.17. The molecule has 0 fully saturated rings. The number of aryl methyl sites for hydroxylation is 1. The molecule has 2 heterocycles. The molecule has 0 aliphatic carbocycles. The van der Waals surface area contributed by atoms with E-state index in [-0.39, 0.29) is 6.79 Å². The third-order valence-corrected chi connectivity index (χ3v) is 2.78. The fraction of sp³-hybridized carbons (Fsp3) is 0.167. The van der Waals surface area contributed by atoms with Gasteiger partial charge in [0.2, 0.25) is 12.7 Å². The quantitative estimate of drug-likeness (QED) is 0.615. The van der Waals surface area contributed by atoms with Gasteiger partial charge >= 0.3 is 0 Å². The number of hydrogen-bond donors (Lipinski definition) is 2. The molecule has 6 heteroatoms. The lowest BCUT2D eigenvalue weighted by Gasteiger charge is -2.08. The summed E-state index contributed by atoms with van der Waals surface area (Å²) in [5.74, 6) is 7.18. The molecule has 0 bridgehead atoms. The van der Waals surface area contributed by atoms with Crippen LogP contribution < -0.4 is 20.7 Å². The molecular weight excluding hydrogens is 232 g/mol. The highest BCUT2D eigenvalue weighted by molar-refractivity contribution is 5.69. The van der Waals surface area contributed by atoms with Crippen LogP contribution in [0.5, 0.6) is 11.5 Å². The molecule has 0 amide bonds. The number of nitrogens with two attached hydrogens (primary N) is 1. The van der Waals surface area contributed by atoms with Crippen LogP contribution >= 0.6 is 0 Å². The molecule has 2 aromatic rings. The van der Waals surface area contributed by atoms with Crippen molar-refractivity contribution < 1.29 is 9.47 Å². The summed E-state index contributed by atoms with van der Waals surface area (Å²) in [7, 11) is 0. The van der Waals surface area contributed by atoms with Crippen LogP contribution in [-0.4, -0.2) is 16.8 Å². The lowest BCUT2D eigenvalue weighted by molar-refractivity contribution is 0.174. The molecule has 92 valence electrons. The molecule has 0 unspecified atom stereocenters. The first-order valence-electron chi connectivity index (χ1n) is 5.48. The topological polar surface area (TPSA) is 82.3 Å². The minimum atomic E-state index is 0.262. The van der Waals surface area contributed by atoms with Crippen LogP contribution in [0.2, 0.25) is 0 Å². The van der Waals surface area contributed by atoms with Gasteiger partial charge in [0.1, 0.15) is 0 Å². The van der Waals surface area contributed by atoms with Gasteiger partial charge in [0, 0.05) is 11.8 Å². The van der Waals surface area contributed by atoms with Crippen LogP contribution in [0.1, 0.15) is 5.56 Å². The minimum absolute atomic E-state index is 0.262. The van der Waals surface area contributed by atoms with E-state index in [0.717, 1.165) is 28.3 Å². The molecule has 1 aliphatic rings. The molecule has 1 aromatic carbocycles. The number of ether oxygens (including phenoxy) is 2. The molecule has 1 aliphatic heterocycles.